The minimum Gasteiger partial charge on any atom is -0.444 e. The van der Waals surface area contributed by atoms with Crippen molar-refractivity contribution in [3.8, 4) is 0 Å². The molecule has 0 saturated carbocycles. The molecule has 0 bridgehead atoms. The van der Waals surface area contributed by atoms with E-state index in [1.165, 1.54) is 25.7 Å². The lowest BCUT2D eigenvalue weighted by Gasteiger charge is -2.34. The van der Waals surface area contributed by atoms with Crippen LogP contribution in [0.4, 0.5) is 4.79 Å². The normalized spacial score (nSPS) is 21.2. The number of ether oxygens (including phenoxy) is 1. The van der Waals surface area contributed by atoms with Crippen molar-refractivity contribution in [3.63, 3.8) is 0 Å². The van der Waals surface area contributed by atoms with Crippen LogP contribution in [0.2, 0.25) is 0 Å². The molecule has 1 heterocycles. The Hall–Kier alpha value is -0.770. The van der Waals surface area contributed by atoms with E-state index in [1.807, 2.05) is 25.7 Å². The van der Waals surface area contributed by atoms with Crippen LogP contribution in [0.1, 0.15) is 66.7 Å². The molecule has 1 N–H and O–H groups in total. The summed E-state index contributed by atoms with van der Waals surface area (Å²) in [6, 6.07) is 0.618. The van der Waals surface area contributed by atoms with E-state index < -0.39 is 5.60 Å². The summed E-state index contributed by atoms with van der Waals surface area (Å²) >= 11 is 0. The molecule has 2 atom stereocenters. The molecule has 2 unspecified atom stereocenters. The third kappa shape index (κ3) is 7.16. The molecule has 0 aromatic heterocycles. The highest BCUT2D eigenvalue weighted by Crippen LogP contribution is 2.19. The third-order valence-corrected chi connectivity index (χ3v) is 4.00. The van der Waals surface area contributed by atoms with Gasteiger partial charge in [-0.05, 0) is 58.9 Å². The molecule has 1 aliphatic rings. The Morgan fingerprint density at radius 3 is 2.67 bits per heavy atom. The van der Waals surface area contributed by atoms with Gasteiger partial charge in [0.1, 0.15) is 5.60 Å². The molecule has 1 saturated heterocycles. The largest absolute Gasteiger partial charge is 0.444 e. The van der Waals surface area contributed by atoms with Crippen LogP contribution in [-0.2, 0) is 4.74 Å². The molecule has 1 fully saturated rings. The van der Waals surface area contributed by atoms with Gasteiger partial charge in [0.05, 0.1) is 0 Å². The van der Waals surface area contributed by atoms with Crippen molar-refractivity contribution in [2.75, 3.05) is 19.6 Å². The second-order valence-corrected chi connectivity index (χ2v) is 7.24. The van der Waals surface area contributed by atoms with E-state index >= 15 is 0 Å². The quantitative estimate of drug-likeness (QED) is 0.811. The SMILES string of the molecule is CCCC(CC)NCC1CCCN(C(=O)OC(C)(C)C)C1. The number of nitrogens with one attached hydrogen (secondary N) is 1. The van der Waals surface area contributed by atoms with Crippen molar-refractivity contribution in [1.82, 2.24) is 10.2 Å². The average Bonchev–Trinajstić information content (AvgIpc) is 2.42. The molecule has 1 aliphatic heterocycles. The Labute approximate surface area is 130 Å². The van der Waals surface area contributed by atoms with Crippen LogP contribution in [0.25, 0.3) is 0 Å². The first kappa shape index (κ1) is 18.3. The van der Waals surface area contributed by atoms with Gasteiger partial charge in [-0.1, -0.05) is 20.3 Å². The molecule has 0 aromatic rings. The number of carbonyl (C=O) groups excluding carboxylic acids is 1. The van der Waals surface area contributed by atoms with Gasteiger partial charge in [-0.2, -0.15) is 0 Å². The number of rotatable bonds is 6. The van der Waals surface area contributed by atoms with E-state index in [2.05, 4.69) is 19.2 Å². The third-order valence-electron chi connectivity index (χ3n) is 4.00. The van der Waals surface area contributed by atoms with Crippen LogP contribution in [0, 0.1) is 5.92 Å². The first-order valence-corrected chi connectivity index (χ1v) is 8.57. The molecule has 4 nitrogen and oxygen atoms in total. The lowest BCUT2D eigenvalue weighted by atomic mass is 9.97. The first-order chi connectivity index (χ1) is 9.85. The summed E-state index contributed by atoms with van der Waals surface area (Å²) in [4.78, 5) is 14.0. The molecular formula is C17H34N2O2. The lowest BCUT2D eigenvalue weighted by molar-refractivity contribution is 0.0165. The average molecular weight is 298 g/mol. The monoisotopic (exact) mass is 298 g/mol. The van der Waals surface area contributed by atoms with Crippen LogP contribution >= 0.6 is 0 Å². The Kier molecular flexibility index (Phi) is 7.50. The van der Waals surface area contributed by atoms with Gasteiger partial charge in [0.15, 0.2) is 0 Å². The lowest BCUT2D eigenvalue weighted by Crippen LogP contribution is -2.46. The van der Waals surface area contributed by atoms with Gasteiger partial charge in [-0.3, -0.25) is 0 Å². The number of carbonyl (C=O) groups is 1. The Bertz CT molecular complexity index is 312. The molecule has 0 aliphatic carbocycles. The van der Waals surface area contributed by atoms with Gasteiger partial charge in [-0.15, -0.1) is 0 Å². The maximum atomic E-state index is 12.1. The van der Waals surface area contributed by atoms with Gasteiger partial charge < -0.3 is 15.0 Å². The number of hydrogen-bond donors (Lipinski definition) is 1. The van der Waals surface area contributed by atoms with Crippen molar-refractivity contribution in [3.05, 3.63) is 0 Å². The highest BCUT2D eigenvalue weighted by molar-refractivity contribution is 5.68. The summed E-state index contributed by atoms with van der Waals surface area (Å²) in [5, 5.41) is 3.67. The minimum absolute atomic E-state index is 0.159. The Morgan fingerprint density at radius 2 is 2.10 bits per heavy atom. The van der Waals surface area contributed by atoms with Gasteiger partial charge >= 0.3 is 6.09 Å². The van der Waals surface area contributed by atoms with Crippen LogP contribution in [0.15, 0.2) is 0 Å². The van der Waals surface area contributed by atoms with Gasteiger partial charge in [-0.25, -0.2) is 4.79 Å². The zero-order valence-corrected chi connectivity index (χ0v) is 14.6. The molecule has 1 rings (SSSR count). The highest BCUT2D eigenvalue weighted by atomic mass is 16.6. The topological polar surface area (TPSA) is 41.6 Å². The summed E-state index contributed by atoms with van der Waals surface area (Å²) in [6.45, 7) is 12.9. The maximum Gasteiger partial charge on any atom is 0.410 e. The molecule has 21 heavy (non-hydrogen) atoms. The van der Waals surface area contributed by atoms with Crippen molar-refractivity contribution < 1.29 is 9.53 Å². The molecule has 4 heteroatoms. The number of hydrogen-bond acceptors (Lipinski definition) is 3. The van der Waals surface area contributed by atoms with Crippen molar-refractivity contribution >= 4 is 6.09 Å². The summed E-state index contributed by atoms with van der Waals surface area (Å²) < 4.78 is 5.48. The number of likely N-dealkylation sites (tertiary alicyclic amines) is 1. The van der Waals surface area contributed by atoms with E-state index in [9.17, 15) is 4.79 Å². The van der Waals surface area contributed by atoms with Gasteiger partial charge in [0.25, 0.3) is 0 Å². The molecule has 1 amide bonds. The van der Waals surface area contributed by atoms with E-state index in [0.29, 0.717) is 12.0 Å². The fourth-order valence-electron chi connectivity index (χ4n) is 2.86. The summed E-state index contributed by atoms with van der Waals surface area (Å²) in [5.74, 6) is 0.553. The first-order valence-electron chi connectivity index (χ1n) is 8.57. The van der Waals surface area contributed by atoms with Gasteiger partial charge in [0.2, 0.25) is 0 Å². The summed E-state index contributed by atoms with van der Waals surface area (Å²) in [6.07, 6.45) is 5.76. The zero-order chi connectivity index (χ0) is 15.9. The smallest absolute Gasteiger partial charge is 0.410 e. The van der Waals surface area contributed by atoms with Crippen molar-refractivity contribution in [1.29, 1.82) is 0 Å². The molecule has 124 valence electrons. The highest BCUT2D eigenvalue weighted by Gasteiger charge is 2.27. The van der Waals surface area contributed by atoms with Crippen molar-refractivity contribution in [2.24, 2.45) is 5.92 Å². The molecule has 0 spiro atoms. The van der Waals surface area contributed by atoms with E-state index in [-0.39, 0.29) is 6.09 Å². The number of piperidine rings is 1. The zero-order valence-electron chi connectivity index (χ0n) is 14.6. The standard InChI is InChI=1S/C17H34N2O2/c1-6-9-15(7-2)18-12-14-10-8-11-19(13-14)16(20)21-17(3,4)5/h14-15,18H,6-13H2,1-5H3. The predicted molar refractivity (Wildman–Crippen MR) is 87.5 cm³/mol. The van der Waals surface area contributed by atoms with E-state index in [1.54, 1.807) is 0 Å². The maximum absolute atomic E-state index is 12.1. The van der Waals surface area contributed by atoms with Crippen LogP contribution in [0.5, 0.6) is 0 Å². The van der Waals surface area contributed by atoms with E-state index in [4.69, 9.17) is 4.74 Å². The fraction of sp³-hybridized carbons (Fsp3) is 0.941. The van der Waals surface area contributed by atoms with Crippen LogP contribution < -0.4 is 5.32 Å². The number of amides is 1. The molecule has 0 aromatic carbocycles. The van der Waals surface area contributed by atoms with Crippen LogP contribution in [0.3, 0.4) is 0 Å². The van der Waals surface area contributed by atoms with E-state index in [0.717, 1.165) is 26.1 Å². The second kappa shape index (κ2) is 8.62. The second-order valence-electron chi connectivity index (χ2n) is 7.24. The number of nitrogens with zero attached hydrogens (tertiary/aromatic N) is 1. The van der Waals surface area contributed by atoms with Crippen LogP contribution in [-0.4, -0.2) is 42.3 Å². The fourth-order valence-corrected chi connectivity index (χ4v) is 2.86. The summed E-state index contributed by atoms with van der Waals surface area (Å²) in [5.41, 5.74) is -0.406. The minimum atomic E-state index is -0.406. The Morgan fingerprint density at radius 1 is 1.38 bits per heavy atom. The summed E-state index contributed by atoms with van der Waals surface area (Å²) in [7, 11) is 0. The van der Waals surface area contributed by atoms with Crippen molar-refractivity contribution in [2.45, 2.75) is 78.4 Å². The molecular weight excluding hydrogens is 264 g/mol. The Balaban J connectivity index is 2.39. The molecule has 0 radical (unpaired) electrons. The predicted octanol–water partition coefficient (Wildman–Crippen LogP) is 3.80. The van der Waals surface area contributed by atoms with Gasteiger partial charge in [0, 0.05) is 19.1 Å².